The normalized spacial score (nSPS) is 10.7. The molecule has 118 valence electrons. The Hall–Kier alpha value is -2.16. The number of anilines is 1. The van der Waals surface area contributed by atoms with E-state index in [1.807, 2.05) is 12.3 Å². The fraction of sp³-hybridized carbons (Fsp3) is 0.188. The van der Waals surface area contributed by atoms with Crippen molar-refractivity contribution in [1.82, 2.24) is 19.6 Å². The van der Waals surface area contributed by atoms with E-state index in [1.165, 1.54) is 11.1 Å². The molecule has 2 heterocycles. The molecule has 2 aromatic heterocycles. The molecule has 0 saturated carbocycles. The molecule has 0 spiro atoms. The van der Waals surface area contributed by atoms with E-state index in [0.717, 1.165) is 3.57 Å². The van der Waals surface area contributed by atoms with Crippen molar-refractivity contribution in [2.75, 3.05) is 5.32 Å². The van der Waals surface area contributed by atoms with Crippen LogP contribution in [0, 0.1) is 10.5 Å². The molecule has 7 heteroatoms. The third-order valence-electron chi connectivity index (χ3n) is 3.31. The Kier molecular flexibility index (Phi) is 4.46. The van der Waals surface area contributed by atoms with Crippen LogP contribution in [0.3, 0.4) is 0 Å². The average molecular weight is 421 g/mol. The van der Waals surface area contributed by atoms with Crippen molar-refractivity contribution in [3.63, 3.8) is 0 Å². The van der Waals surface area contributed by atoms with Crippen molar-refractivity contribution in [2.45, 2.75) is 13.5 Å². The van der Waals surface area contributed by atoms with E-state index in [-0.39, 0.29) is 5.91 Å². The van der Waals surface area contributed by atoms with Crippen LogP contribution in [0.1, 0.15) is 21.6 Å². The van der Waals surface area contributed by atoms with Gasteiger partial charge in [-0.25, -0.2) is 0 Å². The van der Waals surface area contributed by atoms with Crippen molar-refractivity contribution in [1.29, 1.82) is 0 Å². The quantitative estimate of drug-likeness (QED) is 0.660. The van der Waals surface area contributed by atoms with Gasteiger partial charge in [-0.2, -0.15) is 10.2 Å². The lowest BCUT2D eigenvalue weighted by Gasteiger charge is -2.03. The molecular formula is C16H16IN5O. The molecule has 23 heavy (non-hydrogen) atoms. The second-order valence-electron chi connectivity index (χ2n) is 5.34. The summed E-state index contributed by atoms with van der Waals surface area (Å²) in [6, 6.07) is 10.1. The van der Waals surface area contributed by atoms with E-state index < -0.39 is 0 Å². The maximum absolute atomic E-state index is 12.2. The molecule has 0 radical (unpaired) electrons. The van der Waals surface area contributed by atoms with Gasteiger partial charge in [-0.15, -0.1) is 0 Å². The maximum atomic E-state index is 12.2. The zero-order chi connectivity index (χ0) is 16.4. The van der Waals surface area contributed by atoms with Crippen LogP contribution in [0.2, 0.25) is 0 Å². The average Bonchev–Trinajstić information content (AvgIpc) is 3.05. The van der Waals surface area contributed by atoms with E-state index in [0.29, 0.717) is 18.1 Å². The highest BCUT2D eigenvalue weighted by Crippen LogP contribution is 2.13. The number of hydrogen-bond acceptors (Lipinski definition) is 3. The number of aromatic nitrogens is 4. The molecule has 0 aliphatic heterocycles. The van der Waals surface area contributed by atoms with Crippen molar-refractivity contribution in [3.05, 3.63) is 63.1 Å². The minimum absolute atomic E-state index is 0.254. The molecular weight excluding hydrogens is 405 g/mol. The fourth-order valence-corrected chi connectivity index (χ4v) is 3.06. The molecule has 0 aliphatic carbocycles. The van der Waals surface area contributed by atoms with Gasteiger partial charge in [-0.1, -0.05) is 29.8 Å². The van der Waals surface area contributed by atoms with Crippen LogP contribution in [-0.2, 0) is 13.6 Å². The Labute approximate surface area is 147 Å². The number of rotatable bonds is 4. The second-order valence-corrected chi connectivity index (χ2v) is 6.50. The smallest absolute Gasteiger partial charge is 0.278 e. The number of halogens is 1. The van der Waals surface area contributed by atoms with Gasteiger partial charge in [0.15, 0.2) is 11.5 Å². The minimum atomic E-state index is -0.254. The molecule has 3 rings (SSSR count). The minimum Gasteiger partial charge on any atom is -0.304 e. The van der Waals surface area contributed by atoms with Crippen molar-refractivity contribution >= 4 is 34.3 Å². The highest BCUT2D eigenvalue weighted by atomic mass is 127. The Morgan fingerprint density at radius 1 is 1.30 bits per heavy atom. The Morgan fingerprint density at radius 3 is 2.83 bits per heavy atom. The highest BCUT2D eigenvalue weighted by Gasteiger charge is 2.15. The number of nitrogens with one attached hydrogen (secondary N) is 1. The number of nitrogens with zero attached hydrogens (tertiary/aromatic N) is 4. The van der Waals surface area contributed by atoms with Crippen LogP contribution < -0.4 is 5.32 Å². The van der Waals surface area contributed by atoms with Crippen LogP contribution in [0.25, 0.3) is 0 Å². The van der Waals surface area contributed by atoms with Gasteiger partial charge in [0.05, 0.1) is 10.1 Å². The first-order valence-electron chi connectivity index (χ1n) is 7.11. The lowest BCUT2D eigenvalue weighted by molar-refractivity contribution is 0.102. The monoisotopic (exact) mass is 421 g/mol. The summed E-state index contributed by atoms with van der Waals surface area (Å²) in [5, 5.41) is 11.3. The molecule has 1 amide bonds. The topological polar surface area (TPSA) is 64.7 Å². The molecule has 0 saturated heterocycles. The van der Waals surface area contributed by atoms with Gasteiger partial charge >= 0.3 is 0 Å². The summed E-state index contributed by atoms with van der Waals surface area (Å²) in [5.41, 5.74) is 2.79. The molecule has 0 atom stereocenters. The van der Waals surface area contributed by atoms with Crippen LogP contribution in [0.5, 0.6) is 0 Å². The second kappa shape index (κ2) is 6.53. The summed E-state index contributed by atoms with van der Waals surface area (Å²) in [6.45, 7) is 2.73. The molecule has 1 N–H and O–H groups in total. The number of amides is 1. The first-order chi connectivity index (χ1) is 11.0. The predicted molar refractivity (Wildman–Crippen MR) is 96.4 cm³/mol. The van der Waals surface area contributed by atoms with Gasteiger partial charge in [0.25, 0.3) is 5.91 Å². The summed E-state index contributed by atoms with van der Waals surface area (Å²) in [5.74, 6) is 0.264. The van der Waals surface area contributed by atoms with E-state index in [4.69, 9.17) is 0 Å². The van der Waals surface area contributed by atoms with Gasteiger partial charge in [-0.05, 0) is 35.1 Å². The largest absolute Gasteiger partial charge is 0.304 e. The highest BCUT2D eigenvalue weighted by molar-refractivity contribution is 14.1. The number of benzene rings is 1. The number of aryl methyl sites for hydroxylation is 2. The van der Waals surface area contributed by atoms with Crippen molar-refractivity contribution in [3.8, 4) is 0 Å². The number of carbonyl (C=O) groups is 1. The lowest BCUT2D eigenvalue weighted by Crippen LogP contribution is -2.15. The Bertz CT molecular complexity index is 852. The van der Waals surface area contributed by atoms with E-state index in [9.17, 15) is 4.79 Å². The standard InChI is InChI=1S/C16H16IN5O/c1-11-4-3-5-12(8-11)9-22-7-6-14(19-22)18-16(23)15-13(17)10-21(2)20-15/h3-8,10H,9H2,1-2H3,(H,18,19,23). The summed E-state index contributed by atoms with van der Waals surface area (Å²) in [6.07, 6.45) is 3.65. The predicted octanol–water partition coefficient (Wildman–Crippen LogP) is 2.83. The number of hydrogen-bond donors (Lipinski definition) is 1. The summed E-state index contributed by atoms with van der Waals surface area (Å²) < 4.78 is 4.22. The molecule has 0 aliphatic rings. The molecule has 6 nitrogen and oxygen atoms in total. The molecule has 3 aromatic rings. The zero-order valence-electron chi connectivity index (χ0n) is 12.8. The number of carbonyl (C=O) groups excluding carboxylic acids is 1. The third-order valence-corrected chi connectivity index (χ3v) is 4.10. The molecule has 0 fully saturated rings. The summed E-state index contributed by atoms with van der Waals surface area (Å²) in [4.78, 5) is 12.2. The van der Waals surface area contributed by atoms with Gasteiger partial charge in [0.2, 0.25) is 0 Å². The fourth-order valence-electron chi connectivity index (χ4n) is 2.30. The van der Waals surface area contributed by atoms with Gasteiger partial charge in [0.1, 0.15) is 0 Å². The van der Waals surface area contributed by atoms with E-state index >= 15 is 0 Å². The van der Waals surface area contributed by atoms with Crippen LogP contribution in [-0.4, -0.2) is 25.5 Å². The molecule has 1 aromatic carbocycles. The molecule has 0 bridgehead atoms. The summed E-state index contributed by atoms with van der Waals surface area (Å²) in [7, 11) is 1.79. The van der Waals surface area contributed by atoms with Gasteiger partial charge in [0, 0.05) is 25.5 Å². The van der Waals surface area contributed by atoms with E-state index in [2.05, 4.69) is 63.2 Å². The van der Waals surface area contributed by atoms with Crippen molar-refractivity contribution in [2.24, 2.45) is 7.05 Å². The lowest BCUT2D eigenvalue weighted by atomic mass is 10.1. The summed E-state index contributed by atoms with van der Waals surface area (Å²) >= 11 is 2.09. The van der Waals surface area contributed by atoms with Crippen LogP contribution in [0.15, 0.2) is 42.7 Å². The van der Waals surface area contributed by atoms with Gasteiger partial charge in [-0.3, -0.25) is 14.2 Å². The van der Waals surface area contributed by atoms with Crippen LogP contribution in [0.4, 0.5) is 5.82 Å². The third kappa shape index (κ3) is 3.79. The van der Waals surface area contributed by atoms with Crippen molar-refractivity contribution < 1.29 is 4.79 Å². The maximum Gasteiger partial charge on any atom is 0.278 e. The van der Waals surface area contributed by atoms with E-state index in [1.54, 1.807) is 28.7 Å². The van der Waals surface area contributed by atoms with Gasteiger partial charge < -0.3 is 5.32 Å². The van der Waals surface area contributed by atoms with Crippen LogP contribution >= 0.6 is 22.6 Å². The first-order valence-corrected chi connectivity index (χ1v) is 8.18. The Morgan fingerprint density at radius 2 is 2.13 bits per heavy atom. The molecule has 0 unspecified atom stereocenters. The zero-order valence-corrected chi connectivity index (χ0v) is 15.0. The SMILES string of the molecule is Cc1cccc(Cn2ccc(NC(=O)c3nn(C)cc3I)n2)c1. The Balaban J connectivity index is 1.70. The first kappa shape index (κ1) is 15.7.